The Bertz CT molecular complexity index is 765. The van der Waals surface area contributed by atoms with Crippen LogP contribution in [0, 0.1) is 0 Å². The highest BCUT2D eigenvalue weighted by molar-refractivity contribution is 7.99. The van der Waals surface area contributed by atoms with Gasteiger partial charge in [0, 0.05) is 17.2 Å². The van der Waals surface area contributed by atoms with Crippen LogP contribution in [0.1, 0.15) is 25.5 Å². The Hall–Kier alpha value is -2.18. The normalized spacial score (nSPS) is 15.7. The summed E-state index contributed by atoms with van der Waals surface area (Å²) in [6, 6.07) is 16.1. The fourth-order valence-electron chi connectivity index (χ4n) is 3.01. The largest absolute Gasteiger partial charge is 0.492 e. The summed E-state index contributed by atoms with van der Waals surface area (Å²) in [5.41, 5.74) is 2.21. The molecule has 0 spiro atoms. The van der Waals surface area contributed by atoms with Gasteiger partial charge in [0.25, 0.3) is 0 Å². The zero-order chi connectivity index (χ0) is 19.2. The van der Waals surface area contributed by atoms with E-state index < -0.39 is 12.1 Å². The van der Waals surface area contributed by atoms with Gasteiger partial charge in [-0.2, -0.15) is 0 Å². The number of hydrogen-bond donors (Lipinski definition) is 1. The maximum absolute atomic E-state index is 10.9. The average molecular weight is 388 g/mol. The summed E-state index contributed by atoms with van der Waals surface area (Å²) in [7, 11) is 0. The van der Waals surface area contributed by atoms with E-state index in [9.17, 15) is 4.79 Å². The Kier molecular flexibility index (Phi) is 6.63. The smallest absolute Gasteiger partial charge is 0.332 e. The number of aliphatic carboxylic acids is 1. The molecule has 1 heterocycles. The van der Waals surface area contributed by atoms with Gasteiger partial charge in [-0.3, -0.25) is 0 Å². The van der Waals surface area contributed by atoms with Crippen LogP contribution in [0.15, 0.2) is 53.4 Å². The minimum Gasteiger partial charge on any atom is -0.492 e. The molecule has 0 amide bonds. The number of benzene rings is 2. The van der Waals surface area contributed by atoms with Gasteiger partial charge in [-0.25, -0.2) is 4.79 Å². The molecule has 144 valence electrons. The summed E-state index contributed by atoms with van der Waals surface area (Å²) in [5.74, 6) is 0.939. The van der Waals surface area contributed by atoms with Crippen molar-refractivity contribution < 1.29 is 19.4 Å². The number of anilines is 1. The van der Waals surface area contributed by atoms with Gasteiger partial charge in [0.15, 0.2) is 6.10 Å². The molecule has 2 aromatic rings. The Labute approximate surface area is 164 Å². The van der Waals surface area contributed by atoms with Crippen molar-refractivity contribution in [2.45, 2.75) is 31.0 Å². The summed E-state index contributed by atoms with van der Waals surface area (Å²) < 4.78 is 11.4. The van der Waals surface area contributed by atoms with Crippen LogP contribution < -0.4 is 9.64 Å². The Morgan fingerprint density at radius 1 is 1.19 bits per heavy atom. The third kappa shape index (κ3) is 5.17. The van der Waals surface area contributed by atoms with Crippen LogP contribution in [-0.4, -0.2) is 42.6 Å². The van der Waals surface area contributed by atoms with Gasteiger partial charge in [0.2, 0.25) is 0 Å². The van der Waals surface area contributed by atoms with Crippen molar-refractivity contribution in [1.29, 1.82) is 0 Å². The lowest BCUT2D eigenvalue weighted by atomic mass is 10.1. The molecule has 1 N–H and O–H groups in total. The zero-order valence-electron chi connectivity index (χ0n) is 15.6. The average Bonchev–Trinajstić information content (AvgIpc) is 2.68. The number of ether oxygens (including phenoxy) is 2. The van der Waals surface area contributed by atoms with E-state index in [0.717, 1.165) is 30.2 Å². The SMILES string of the molecule is CC(OC(C)c1ccc(OCCN2CCSc3ccccc32)cc1)C(=O)O. The van der Waals surface area contributed by atoms with Crippen LogP contribution in [0.25, 0.3) is 0 Å². The van der Waals surface area contributed by atoms with Crippen molar-refractivity contribution in [3.8, 4) is 5.75 Å². The van der Waals surface area contributed by atoms with E-state index in [4.69, 9.17) is 14.6 Å². The zero-order valence-corrected chi connectivity index (χ0v) is 16.4. The van der Waals surface area contributed by atoms with Crippen LogP contribution >= 0.6 is 11.8 Å². The molecule has 0 saturated carbocycles. The fraction of sp³-hybridized carbons (Fsp3) is 0.381. The standard InChI is InChI=1S/C21H25NO4S/c1-15(26-16(2)21(23)24)17-7-9-18(10-8-17)25-13-11-22-12-14-27-20-6-4-3-5-19(20)22/h3-10,15-16H,11-14H2,1-2H3,(H,23,24). The minimum atomic E-state index is -0.959. The van der Waals surface area contributed by atoms with Gasteiger partial charge in [-0.05, 0) is 43.7 Å². The number of hydrogen-bond acceptors (Lipinski definition) is 5. The molecule has 0 saturated heterocycles. The van der Waals surface area contributed by atoms with Crippen molar-refractivity contribution in [3.05, 3.63) is 54.1 Å². The summed E-state index contributed by atoms with van der Waals surface area (Å²) >= 11 is 1.90. The van der Waals surface area contributed by atoms with Crippen LogP contribution in [0.5, 0.6) is 5.75 Å². The van der Waals surface area contributed by atoms with Crippen LogP contribution in [0.4, 0.5) is 5.69 Å². The molecule has 1 aliphatic heterocycles. The summed E-state index contributed by atoms with van der Waals surface area (Å²) in [4.78, 5) is 14.6. The number of rotatable bonds is 8. The maximum Gasteiger partial charge on any atom is 0.332 e. The van der Waals surface area contributed by atoms with E-state index in [1.807, 2.05) is 43.0 Å². The first-order valence-electron chi connectivity index (χ1n) is 9.12. The van der Waals surface area contributed by atoms with Crippen molar-refractivity contribution in [3.63, 3.8) is 0 Å². The van der Waals surface area contributed by atoms with Crippen molar-refractivity contribution in [2.75, 3.05) is 30.3 Å². The van der Waals surface area contributed by atoms with Gasteiger partial charge >= 0.3 is 5.97 Å². The Morgan fingerprint density at radius 3 is 2.67 bits per heavy atom. The predicted octanol–water partition coefficient (Wildman–Crippen LogP) is 4.23. The van der Waals surface area contributed by atoms with Crippen LogP contribution in [0.3, 0.4) is 0 Å². The van der Waals surface area contributed by atoms with E-state index in [1.165, 1.54) is 17.5 Å². The first kappa shape index (κ1) is 19.6. The number of nitrogens with zero attached hydrogens (tertiary/aromatic N) is 1. The molecule has 5 nitrogen and oxygen atoms in total. The molecule has 0 aliphatic carbocycles. The third-order valence-electron chi connectivity index (χ3n) is 4.56. The first-order valence-corrected chi connectivity index (χ1v) is 10.1. The van der Waals surface area contributed by atoms with Crippen molar-refractivity contribution in [1.82, 2.24) is 0 Å². The molecule has 2 atom stereocenters. The lowest BCUT2D eigenvalue weighted by Crippen LogP contribution is -2.33. The molecule has 0 radical (unpaired) electrons. The highest BCUT2D eigenvalue weighted by Gasteiger charge is 2.17. The molecule has 0 fully saturated rings. The van der Waals surface area contributed by atoms with Gasteiger partial charge in [0.1, 0.15) is 12.4 Å². The van der Waals surface area contributed by atoms with Gasteiger partial charge in [0.05, 0.1) is 18.3 Å². The predicted molar refractivity (Wildman–Crippen MR) is 108 cm³/mol. The minimum absolute atomic E-state index is 0.285. The number of thioether (sulfide) groups is 1. The molecule has 2 aromatic carbocycles. The topological polar surface area (TPSA) is 59.0 Å². The summed E-state index contributed by atoms with van der Waals surface area (Å²) in [6.45, 7) is 5.87. The highest BCUT2D eigenvalue weighted by Crippen LogP contribution is 2.34. The van der Waals surface area contributed by atoms with E-state index >= 15 is 0 Å². The lowest BCUT2D eigenvalue weighted by molar-refractivity contribution is -0.152. The number of carboxylic acid groups (broad SMARTS) is 1. The molecular weight excluding hydrogens is 362 g/mol. The second-order valence-electron chi connectivity index (χ2n) is 6.48. The second-order valence-corrected chi connectivity index (χ2v) is 7.62. The monoisotopic (exact) mass is 387 g/mol. The highest BCUT2D eigenvalue weighted by atomic mass is 32.2. The van der Waals surface area contributed by atoms with E-state index in [-0.39, 0.29) is 6.10 Å². The number of carbonyl (C=O) groups is 1. The number of fused-ring (bicyclic) bond motifs is 1. The lowest BCUT2D eigenvalue weighted by Gasteiger charge is -2.30. The molecule has 0 bridgehead atoms. The van der Waals surface area contributed by atoms with Crippen molar-refractivity contribution in [2.24, 2.45) is 0 Å². The first-order chi connectivity index (χ1) is 13.0. The van der Waals surface area contributed by atoms with Crippen LogP contribution in [0.2, 0.25) is 0 Å². The molecule has 6 heteroatoms. The Morgan fingerprint density at radius 2 is 1.93 bits per heavy atom. The van der Waals surface area contributed by atoms with Gasteiger partial charge in [-0.1, -0.05) is 24.3 Å². The molecule has 2 unspecified atom stereocenters. The molecule has 1 aliphatic rings. The Balaban J connectivity index is 1.50. The van der Waals surface area contributed by atoms with E-state index in [1.54, 1.807) is 0 Å². The summed E-state index contributed by atoms with van der Waals surface area (Å²) in [6.07, 6.45) is -1.12. The summed E-state index contributed by atoms with van der Waals surface area (Å²) in [5, 5.41) is 8.94. The van der Waals surface area contributed by atoms with Crippen molar-refractivity contribution >= 4 is 23.4 Å². The second kappa shape index (κ2) is 9.15. The fourth-order valence-corrected chi connectivity index (χ4v) is 4.06. The third-order valence-corrected chi connectivity index (χ3v) is 5.60. The maximum atomic E-state index is 10.9. The number of para-hydroxylation sites is 1. The number of carboxylic acids is 1. The molecular formula is C21H25NO4S. The molecule has 3 rings (SSSR count). The quantitative estimate of drug-likeness (QED) is 0.732. The van der Waals surface area contributed by atoms with E-state index in [2.05, 4.69) is 29.2 Å². The van der Waals surface area contributed by atoms with E-state index in [0.29, 0.717) is 6.61 Å². The van der Waals surface area contributed by atoms with Gasteiger partial charge < -0.3 is 19.5 Å². The van der Waals surface area contributed by atoms with Gasteiger partial charge in [-0.15, -0.1) is 11.8 Å². The van der Waals surface area contributed by atoms with Crippen LogP contribution in [-0.2, 0) is 9.53 Å². The molecule has 27 heavy (non-hydrogen) atoms. The molecule has 0 aromatic heterocycles.